The molecular weight excluding hydrogens is 308 g/mol. The molecule has 1 saturated heterocycles. The summed E-state index contributed by atoms with van der Waals surface area (Å²) in [7, 11) is 0. The number of hydrogen-bond acceptors (Lipinski definition) is 3. The Balaban J connectivity index is 1.47. The van der Waals surface area contributed by atoms with Gasteiger partial charge in [-0.05, 0) is 17.7 Å². The number of hydrogen-bond donors (Lipinski definition) is 0. The van der Waals surface area contributed by atoms with Crippen LogP contribution in [0.15, 0.2) is 54.6 Å². The molecule has 2 aromatic carbocycles. The third-order valence-corrected chi connectivity index (χ3v) is 4.50. The number of ketones is 1. The average Bonchev–Trinajstić information content (AvgIpc) is 2.59. The minimum Gasteiger partial charge on any atom is -0.297 e. The Morgan fingerprint density at radius 3 is 2.13 bits per heavy atom. The fourth-order valence-electron chi connectivity index (χ4n) is 2.87. The first-order valence-corrected chi connectivity index (χ1v) is 8.36. The lowest BCUT2D eigenvalue weighted by atomic mass is 10.1. The zero-order chi connectivity index (χ0) is 16.1. The summed E-state index contributed by atoms with van der Waals surface area (Å²) in [5.74, 6) is 0.205. The third kappa shape index (κ3) is 4.64. The summed E-state index contributed by atoms with van der Waals surface area (Å²) in [5, 5.41) is 0.776. The second-order valence-electron chi connectivity index (χ2n) is 5.97. The summed E-state index contributed by atoms with van der Waals surface area (Å²) in [5.41, 5.74) is 2.08. The summed E-state index contributed by atoms with van der Waals surface area (Å²) in [4.78, 5) is 16.9. The molecule has 0 aromatic heterocycles. The van der Waals surface area contributed by atoms with Crippen LogP contribution in [0.2, 0.25) is 5.02 Å². The lowest BCUT2D eigenvalue weighted by Crippen LogP contribution is -2.47. The molecule has 0 N–H and O–H groups in total. The SMILES string of the molecule is O=C(CN1CCN(Cc2ccc(Cl)cc2)CC1)c1ccccc1. The number of carbonyl (C=O) groups excluding carboxylic acids is 1. The maximum absolute atomic E-state index is 12.2. The molecule has 0 aliphatic carbocycles. The molecule has 1 aliphatic rings. The number of halogens is 1. The summed E-state index contributed by atoms with van der Waals surface area (Å²) < 4.78 is 0. The molecule has 1 aliphatic heterocycles. The molecule has 0 atom stereocenters. The molecule has 3 rings (SSSR count). The quantitative estimate of drug-likeness (QED) is 0.786. The van der Waals surface area contributed by atoms with Crippen molar-refractivity contribution in [2.45, 2.75) is 6.54 Å². The van der Waals surface area contributed by atoms with Gasteiger partial charge < -0.3 is 0 Å². The first kappa shape index (κ1) is 16.2. The van der Waals surface area contributed by atoms with E-state index in [-0.39, 0.29) is 5.78 Å². The predicted molar refractivity (Wildman–Crippen MR) is 93.9 cm³/mol. The number of piperazine rings is 1. The highest BCUT2D eigenvalue weighted by Crippen LogP contribution is 2.13. The van der Waals surface area contributed by atoms with Gasteiger partial charge in [-0.25, -0.2) is 0 Å². The summed E-state index contributed by atoms with van der Waals surface area (Å²) in [6.07, 6.45) is 0. The van der Waals surface area contributed by atoms with Gasteiger partial charge in [0.05, 0.1) is 6.54 Å². The van der Waals surface area contributed by atoms with E-state index in [0.717, 1.165) is 43.3 Å². The van der Waals surface area contributed by atoms with Gasteiger partial charge in [0.1, 0.15) is 0 Å². The van der Waals surface area contributed by atoms with E-state index in [2.05, 4.69) is 21.9 Å². The van der Waals surface area contributed by atoms with Crippen LogP contribution < -0.4 is 0 Å². The highest BCUT2D eigenvalue weighted by Gasteiger charge is 2.19. The molecule has 0 amide bonds. The molecule has 2 aromatic rings. The second kappa shape index (κ2) is 7.73. The Hall–Kier alpha value is -1.68. The Labute approximate surface area is 142 Å². The molecule has 0 spiro atoms. The van der Waals surface area contributed by atoms with Crippen LogP contribution in [-0.4, -0.2) is 48.3 Å². The van der Waals surface area contributed by atoms with Gasteiger partial charge >= 0.3 is 0 Å². The number of carbonyl (C=O) groups is 1. The van der Waals surface area contributed by atoms with Gasteiger partial charge in [0.2, 0.25) is 0 Å². The molecule has 4 heteroatoms. The Morgan fingerprint density at radius 2 is 1.48 bits per heavy atom. The van der Waals surface area contributed by atoms with Crippen molar-refractivity contribution in [2.75, 3.05) is 32.7 Å². The normalized spacial score (nSPS) is 16.4. The van der Waals surface area contributed by atoms with Gasteiger partial charge in [-0.2, -0.15) is 0 Å². The number of rotatable bonds is 5. The van der Waals surface area contributed by atoms with Crippen molar-refractivity contribution in [1.82, 2.24) is 9.80 Å². The van der Waals surface area contributed by atoms with Gasteiger partial charge in [0.15, 0.2) is 5.78 Å². The van der Waals surface area contributed by atoms with Crippen molar-refractivity contribution in [3.8, 4) is 0 Å². The minimum atomic E-state index is 0.205. The zero-order valence-corrected chi connectivity index (χ0v) is 13.9. The van der Waals surface area contributed by atoms with E-state index in [4.69, 9.17) is 11.6 Å². The van der Waals surface area contributed by atoms with E-state index >= 15 is 0 Å². The standard InChI is InChI=1S/C19H21ClN2O/c20-18-8-6-16(7-9-18)14-21-10-12-22(13-11-21)15-19(23)17-4-2-1-3-5-17/h1-9H,10-15H2. The van der Waals surface area contributed by atoms with Gasteiger partial charge in [-0.15, -0.1) is 0 Å². The summed E-state index contributed by atoms with van der Waals surface area (Å²) >= 11 is 5.92. The topological polar surface area (TPSA) is 23.6 Å². The molecule has 3 nitrogen and oxygen atoms in total. The molecule has 0 saturated carbocycles. The monoisotopic (exact) mass is 328 g/mol. The van der Waals surface area contributed by atoms with Crippen LogP contribution in [-0.2, 0) is 6.54 Å². The highest BCUT2D eigenvalue weighted by molar-refractivity contribution is 6.30. The molecular formula is C19H21ClN2O. The fraction of sp³-hybridized carbons (Fsp3) is 0.316. The summed E-state index contributed by atoms with van der Waals surface area (Å²) in [6.45, 7) is 5.31. The van der Waals surface area contributed by atoms with Crippen molar-refractivity contribution in [3.63, 3.8) is 0 Å². The van der Waals surface area contributed by atoms with Crippen LogP contribution in [0.3, 0.4) is 0 Å². The largest absolute Gasteiger partial charge is 0.297 e. The van der Waals surface area contributed by atoms with Crippen LogP contribution in [0, 0.1) is 0 Å². The van der Waals surface area contributed by atoms with E-state index in [9.17, 15) is 4.79 Å². The molecule has 23 heavy (non-hydrogen) atoms. The van der Waals surface area contributed by atoms with E-state index in [1.165, 1.54) is 5.56 Å². The van der Waals surface area contributed by atoms with Crippen LogP contribution in [0.5, 0.6) is 0 Å². The van der Waals surface area contributed by atoms with Crippen molar-refractivity contribution in [2.24, 2.45) is 0 Å². The average molecular weight is 329 g/mol. The Bertz CT molecular complexity index is 634. The molecule has 0 radical (unpaired) electrons. The lowest BCUT2D eigenvalue weighted by Gasteiger charge is -2.34. The van der Waals surface area contributed by atoms with Crippen molar-refractivity contribution < 1.29 is 4.79 Å². The smallest absolute Gasteiger partial charge is 0.176 e. The first-order chi connectivity index (χ1) is 11.2. The van der Waals surface area contributed by atoms with Crippen LogP contribution in [0.25, 0.3) is 0 Å². The van der Waals surface area contributed by atoms with Gasteiger partial charge in [0, 0.05) is 43.3 Å². The molecule has 1 fully saturated rings. The van der Waals surface area contributed by atoms with E-state index in [1.807, 2.05) is 42.5 Å². The van der Waals surface area contributed by atoms with Crippen LogP contribution in [0.4, 0.5) is 0 Å². The van der Waals surface area contributed by atoms with Gasteiger partial charge in [-0.1, -0.05) is 54.1 Å². The molecule has 1 heterocycles. The third-order valence-electron chi connectivity index (χ3n) is 4.25. The Kier molecular flexibility index (Phi) is 5.44. The number of benzene rings is 2. The van der Waals surface area contributed by atoms with E-state index in [1.54, 1.807) is 0 Å². The number of nitrogens with zero attached hydrogens (tertiary/aromatic N) is 2. The summed E-state index contributed by atoms with van der Waals surface area (Å²) in [6, 6.07) is 17.6. The highest BCUT2D eigenvalue weighted by atomic mass is 35.5. The van der Waals surface area contributed by atoms with E-state index < -0.39 is 0 Å². The first-order valence-electron chi connectivity index (χ1n) is 7.98. The van der Waals surface area contributed by atoms with Crippen molar-refractivity contribution in [3.05, 3.63) is 70.7 Å². The van der Waals surface area contributed by atoms with Crippen LogP contribution >= 0.6 is 11.6 Å². The van der Waals surface area contributed by atoms with Crippen LogP contribution in [0.1, 0.15) is 15.9 Å². The Morgan fingerprint density at radius 1 is 0.870 bits per heavy atom. The van der Waals surface area contributed by atoms with Gasteiger partial charge in [-0.3, -0.25) is 14.6 Å². The molecule has 120 valence electrons. The minimum absolute atomic E-state index is 0.205. The molecule has 0 bridgehead atoms. The van der Waals surface area contributed by atoms with Crippen molar-refractivity contribution >= 4 is 17.4 Å². The zero-order valence-electron chi connectivity index (χ0n) is 13.1. The van der Waals surface area contributed by atoms with Gasteiger partial charge in [0.25, 0.3) is 0 Å². The van der Waals surface area contributed by atoms with Crippen molar-refractivity contribution in [1.29, 1.82) is 0 Å². The van der Waals surface area contributed by atoms with E-state index in [0.29, 0.717) is 6.54 Å². The fourth-order valence-corrected chi connectivity index (χ4v) is 3.00. The maximum atomic E-state index is 12.2. The second-order valence-corrected chi connectivity index (χ2v) is 6.40. The molecule has 0 unspecified atom stereocenters. The number of Topliss-reactive ketones (excluding diaryl/α,β-unsaturated/α-hetero) is 1. The predicted octanol–water partition coefficient (Wildman–Crippen LogP) is 3.34. The lowest BCUT2D eigenvalue weighted by molar-refractivity contribution is 0.0844. The maximum Gasteiger partial charge on any atom is 0.176 e.